The number of carbonyl (C=O) groups is 1. The van der Waals surface area contributed by atoms with Crippen LogP contribution < -0.4 is 19.5 Å². The van der Waals surface area contributed by atoms with Gasteiger partial charge in [0.25, 0.3) is 15.9 Å². The fourth-order valence-electron chi connectivity index (χ4n) is 2.65. The normalized spacial score (nSPS) is 11.0. The van der Waals surface area contributed by atoms with Gasteiger partial charge in [0.05, 0.1) is 16.5 Å². The molecule has 168 valence electrons. The van der Waals surface area contributed by atoms with Crippen molar-refractivity contribution in [3.8, 4) is 11.5 Å². The topological polar surface area (TPSA) is 93.7 Å². The Kier molecular flexibility index (Phi) is 8.00. The van der Waals surface area contributed by atoms with Gasteiger partial charge in [-0.3, -0.25) is 9.52 Å². The zero-order valence-corrected chi connectivity index (χ0v) is 20.1. The molecule has 0 aliphatic heterocycles. The van der Waals surface area contributed by atoms with Crippen LogP contribution in [0.1, 0.15) is 6.92 Å². The highest BCUT2D eigenvalue weighted by atomic mass is 79.9. The second-order valence-corrected chi connectivity index (χ2v) is 9.50. The van der Waals surface area contributed by atoms with Crippen molar-refractivity contribution < 1.29 is 22.7 Å². The fourth-order valence-corrected chi connectivity index (χ4v) is 4.44. The van der Waals surface area contributed by atoms with Crippen molar-refractivity contribution in [2.45, 2.75) is 11.8 Å². The van der Waals surface area contributed by atoms with Crippen LogP contribution in [0.4, 0.5) is 11.4 Å². The number of amides is 1. The maximum absolute atomic E-state index is 12.6. The Hall–Kier alpha value is -2.75. The van der Waals surface area contributed by atoms with Gasteiger partial charge in [0.15, 0.2) is 6.61 Å². The lowest BCUT2D eigenvalue weighted by Crippen LogP contribution is -2.20. The molecule has 0 aromatic heterocycles. The third-order valence-electron chi connectivity index (χ3n) is 4.12. The first kappa shape index (κ1) is 23.9. The molecule has 3 rings (SSSR count). The summed E-state index contributed by atoms with van der Waals surface area (Å²) in [6.07, 6.45) is 0. The number of sulfonamides is 1. The molecule has 0 saturated heterocycles. The van der Waals surface area contributed by atoms with Crippen molar-refractivity contribution in [1.82, 2.24) is 0 Å². The molecule has 0 bridgehead atoms. The van der Waals surface area contributed by atoms with E-state index >= 15 is 0 Å². The number of hydrogen-bond acceptors (Lipinski definition) is 5. The highest BCUT2D eigenvalue weighted by molar-refractivity contribution is 9.10. The Bertz CT molecular complexity index is 1190. The maximum Gasteiger partial charge on any atom is 0.262 e. The third kappa shape index (κ3) is 6.62. The molecule has 0 atom stereocenters. The van der Waals surface area contributed by atoms with E-state index in [0.29, 0.717) is 34.5 Å². The van der Waals surface area contributed by atoms with Gasteiger partial charge >= 0.3 is 0 Å². The van der Waals surface area contributed by atoms with Gasteiger partial charge in [-0.15, -0.1) is 0 Å². The molecule has 3 aromatic carbocycles. The second kappa shape index (κ2) is 10.7. The zero-order valence-electron chi connectivity index (χ0n) is 17.0. The van der Waals surface area contributed by atoms with Gasteiger partial charge in [-0.2, -0.15) is 0 Å². The summed E-state index contributed by atoms with van der Waals surface area (Å²) < 4.78 is 39.3. The lowest BCUT2D eigenvalue weighted by molar-refractivity contribution is -0.118. The van der Waals surface area contributed by atoms with Crippen LogP contribution in [0.5, 0.6) is 11.5 Å². The maximum atomic E-state index is 12.6. The molecule has 0 aliphatic rings. The molecular formula is C22H20BrClN2O5S. The van der Waals surface area contributed by atoms with Gasteiger partial charge in [0, 0.05) is 15.8 Å². The number of ether oxygens (including phenoxy) is 2. The van der Waals surface area contributed by atoms with Gasteiger partial charge in [0.1, 0.15) is 11.5 Å². The molecule has 0 unspecified atom stereocenters. The number of rotatable bonds is 9. The summed E-state index contributed by atoms with van der Waals surface area (Å²) in [4.78, 5) is 12.2. The van der Waals surface area contributed by atoms with Gasteiger partial charge < -0.3 is 14.8 Å². The van der Waals surface area contributed by atoms with E-state index in [1.54, 1.807) is 42.5 Å². The number of benzene rings is 3. The van der Waals surface area contributed by atoms with Crippen LogP contribution in [-0.2, 0) is 14.8 Å². The summed E-state index contributed by atoms with van der Waals surface area (Å²) in [6, 6.07) is 17.5. The van der Waals surface area contributed by atoms with Crippen LogP contribution in [0.25, 0.3) is 0 Å². The first-order chi connectivity index (χ1) is 15.3. The molecule has 7 nitrogen and oxygen atoms in total. The highest BCUT2D eigenvalue weighted by Gasteiger charge is 2.15. The highest BCUT2D eigenvalue weighted by Crippen LogP contribution is 2.27. The van der Waals surface area contributed by atoms with E-state index in [2.05, 4.69) is 26.0 Å². The Labute approximate surface area is 199 Å². The third-order valence-corrected chi connectivity index (χ3v) is 6.30. The lowest BCUT2D eigenvalue weighted by atomic mass is 10.3. The molecule has 2 N–H and O–H groups in total. The summed E-state index contributed by atoms with van der Waals surface area (Å²) in [6.45, 7) is 2.15. The van der Waals surface area contributed by atoms with Gasteiger partial charge in [0.2, 0.25) is 0 Å². The minimum absolute atomic E-state index is 0.0577. The average molecular weight is 540 g/mol. The first-order valence-electron chi connectivity index (χ1n) is 9.50. The minimum atomic E-state index is -3.78. The monoisotopic (exact) mass is 538 g/mol. The van der Waals surface area contributed by atoms with E-state index in [9.17, 15) is 13.2 Å². The number of halogens is 2. The van der Waals surface area contributed by atoms with Crippen LogP contribution in [-0.4, -0.2) is 27.5 Å². The predicted molar refractivity (Wildman–Crippen MR) is 128 cm³/mol. The van der Waals surface area contributed by atoms with Crippen molar-refractivity contribution in [3.05, 3.63) is 76.2 Å². The van der Waals surface area contributed by atoms with Crippen molar-refractivity contribution >= 4 is 54.8 Å². The molecule has 0 heterocycles. The average Bonchev–Trinajstić information content (AvgIpc) is 2.75. The molecule has 1 amide bonds. The Morgan fingerprint density at radius 3 is 2.25 bits per heavy atom. The summed E-state index contributed by atoms with van der Waals surface area (Å²) in [5, 5.41) is 3.02. The molecule has 10 heteroatoms. The number of carbonyl (C=O) groups excluding carboxylic acids is 1. The summed E-state index contributed by atoms with van der Waals surface area (Å²) in [5.74, 6) is 0.626. The van der Waals surface area contributed by atoms with Crippen molar-refractivity contribution in [2.24, 2.45) is 0 Å². The quantitative estimate of drug-likeness (QED) is 0.384. The largest absolute Gasteiger partial charge is 0.494 e. The molecule has 0 aliphatic carbocycles. The number of anilines is 2. The molecular weight excluding hydrogens is 520 g/mol. The first-order valence-corrected chi connectivity index (χ1v) is 12.2. The molecule has 0 saturated carbocycles. The van der Waals surface area contributed by atoms with E-state index in [4.69, 9.17) is 21.1 Å². The van der Waals surface area contributed by atoms with Gasteiger partial charge in [-0.25, -0.2) is 8.42 Å². The van der Waals surface area contributed by atoms with Crippen LogP contribution >= 0.6 is 27.5 Å². The van der Waals surface area contributed by atoms with Crippen molar-refractivity contribution in [1.29, 1.82) is 0 Å². The van der Waals surface area contributed by atoms with Gasteiger partial charge in [-0.05, 0) is 73.7 Å². The zero-order chi connectivity index (χ0) is 23.1. The SMILES string of the molecule is CCOc1ccc(NS(=O)(=O)c2ccc(NC(=O)COc3ccc(Br)cc3Cl)cc2)cc1. The van der Waals surface area contributed by atoms with Crippen LogP contribution in [0.15, 0.2) is 76.1 Å². The molecule has 3 aromatic rings. The lowest BCUT2D eigenvalue weighted by Gasteiger charge is -2.11. The second-order valence-electron chi connectivity index (χ2n) is 6.50. The summed E-state index contributed by atoms with van der Waals surface area (Å²) in [5.41, 5.74) is 0.843. The molecule has 0 radical (unpaired) electrons. The van der Waals surface area contributed by atoms with E-state index in [1.807, 2.05) is 6.92 Å². The van der Waals surface area contributed by atoms with Crippen LogP contribution in [0, 0.1) is 0 Å². The molecule has 0 spiro atoms. The van der Waals surface area contributed by atoms with E-state index in [-0.39, 0.29) is 11.5 Å². The van der Waals surface area contributed by atoms with E-state index < -0.39 is 15.9 Å². The summed E-state index contributed by atoms with van der Waals surface area (Å²) in [7, 11) is -3.78. The standard InChI is InChI=1S/C22H20BrClN2O5S/c1-2-30-18-8-4-17(5-9-18)26-32(28,29)19-10-6-16(7-11-19)25-22(27)14-31-21-12-3-15(23)13-20(21)24/h3-13,26H,2,14H2,1H3,(H,25,27). The number of nitrogens with one attached hydrogen (secondary N) is 2. The Morgan fingerprint density at radius 2 is 1.62 bits per heavy atom. The van der Waals surface area contributed by atoms with Crippen LogP contribution in [0.3, 0.4) is 0 Å². The fraction of sp³-hybridized carbons (Fsp3) is 0.136. The van der Waals surface area contributed by atoms with E-state index in [1.165, 1.54) is 24.3 Å². The smallest absolute Gasteiger partial charge is 0.262 e. The van der Waals surface area contributed by atoms with Gasteiger partial charge in [-0.1, -0.05) is 27.5 Å². The molecule has 32 heavy (non-hydrogen) atoms. The van der Waals surface area contributed by atoms with Crippen molar-refractivity contribution in [2.75, 3.05) is 23.3 Å². The van der Waals surface area contributed by atoms with Crippen molar-refractivity contribution in [3.63, 3.8) is 0 Å². The summed E-state index contributed by atoms with van der Waals surface area (Å²) >= 11 is 9.35. The van der Waals surface area contributed by atoms with Crippen LogP contribution in [0.2, 0.25) is 5.02 Å². The Morgan fingerprint density at radius 1 is 0.969 bits per heavy atom. The Balaban J connectivity index is 1.57. The van der Waals surface area contributed by atoms with E-state index in [0.717, 1.165) is 4.47 Å². The minimum Gasteiger partial charge on any atom is -0.494 e. The number of hydrogen-bond donors (Lipinski definition) is 2. The predicted octanol–water partition coefficient (Wildman–Crippen LogP) is 5.32. The molecule has 0 fully saturated rings.